The molecule has 110 valence electrons. The Morgan fingerprint density at radius 2 is 2.35 bits per heavy atom. The number of hydrogen-bond donors (Lipinski definition) is 1. The summed E-state index contributed by atoms with van der Waals surface area (Å²) < 4.78 is 10.4. The van der Waals surface area contributed by atoms with Gasteiger partial charge in [0.05, 0.1) is 13.2 Å². The summed E-state index contributed by atoms with van der Waals surface area (Å²) in [6, 6.07) is 0.351. The molecular weight excluding hydrogens is 300 g/mol. The molecule has 0 spiro atoms. The fourth-order valence-electron chi connectivity index (χ4n) is 3.10. The molecule has 7 heteroatoms. The molecule has 1 N–H and O–H groups in total. The lowest BCUT2D eigenvalue weighted by Crippen LogP contribution is -2.38. The Balaban J connectivity index is 1.72. The number of thiazole rings is 1. The molecule has 2 aliphatic rings. The Hall–Kier alpha value is -0.850. The number of aromatic nitrogens is 1. The van der Waals surface area contributed by atoms with E-state index in [0.29, 0.717) is 28.1 Å². The molecule has 1 aliphatic carbocycles. The summed E-state index contributed by atoms with van der Waals surface area (Å²) >= 11 is 7.23. The number of anilines is 1. The van der Waals surface area contributed by atoms with Gasteiger partial charge in [-0.05, 0) is 25.7 Å². The van der Waals surface area contributed by atoms with E-state index in [1.54, 1.807) is 0 Å². The number of hydrogen-bond acceptors (Lipinski definition) is 6. The van der Waals surface area contributed by atoms with Gasteiger partial charge in [-0.3, -0.25) is 0 Å². The number of fused-ring (bicyclic) bond motifs is 1. The third kappa shape index (κ3) is 2.64. The number of ether oxygens (including phenoxy) is 2. The van der Waals surface area contributed by atoms with Crippen molar-refractivity contribution >= 4 is 34.0 Å². The van der Waals surface area contributed by atoms with Crippen molar-refractivity contribution in [3.05, 3.63) is 10.0 Å². The van der Waals surface area contributed by atoms with Crippen molar-refractivity contribution in [2.24, 2.45) is 5.92 Å². The van der Waals surface area contributed by atoms with Crippen LogP contribution in [0, 0.1) is 5.92 Å². The van der Waals surface area contributed by atoms with Gasteiger partial charge in [0.25, 0.3) is 0 Å². The smallest absolute Gasteiger partial charge is 0.351 e. The van der Waals surface area contributed by atoms with Gasteiger partial charge in [-0.1, -0.05) is 22.9 Å². The Morgan fingerprint density at radius 3 is 3.15 bits per heavy atom. The summed E-state index contributed by atoms with van der Waals surface area (Å²) in [4.78, 5) is 16.1. The van der Waals surface area contributed by atoms with E-state index in [1.807, 2.05) is 0 Å². The molecular formula is C13H17ClN2O3S. The summed E-state index contributed by atoms with van der Waals surface area (Å²) in [5.74, 6) is 0.0965. The molecule has 20 heavy (non-hydrogen) atoms. The molecule has 1 aromatic heterocycles. The number of carbonyl (C=O) groups excluding carboxylic acids is 1. The van der Waals surface area contributed by atoms with E-state index in [0.717, 1.165) is 32.3 Å². The molecule has 3 rings (SSSR count). The third-order valence-corrected chi connectivity index (χ3v) is 5.40. The van der Waals surface area contributed by atoms with Gasteiger partial charge in [0.2, 0.25) is 0 Å². The van der Waals surface area contributed by atoms with Crippen LogP contribution in [-0.4, -0.2) is 36.8 Å². The zero-order chi connectivity index (χ0) is 14.1. The van der Waals surface area contributed by atoms with Gasteiger partial charge in [-0.2, -0.15) is 0 Å². The number of esters is 1. The first-order valence-electron chi connectivity index (χ1n) is 6.82. The molecule has 0 radical (unpaired) electrons. The molecule has 1 saturated heterocycles. The largest absolute Gasteiger partial charge is 0.465 e. The Kier molecular flexibility index (Phi) is 4.14. The van der Waals surface area contributed by atoms with Crippen LogP contribution in [0.15, 0.2) is 0 Å². The summed E-state index contributed by atoms with van der Waals surface area (Å²) in [5, 5.41) is 4.32. The average molecular weight is 317 g/mol. The fourth-order valence-corrected chi connectivity index (χ4v) is 4.26. The topological polar surface area (TPSA) is 60.5 Å². The van der Waals surface area contributed by atoms with Crippen molar-refractivity contribution in [3.63, 3.8) is 0 Å². The van der Waals surface area contributed by atoms with E-state index >= 15 is 0 Å². The monoisotopic (exact) mass is 316 g/mol. The third-order valence-electron chi connectivity index (χ3n) is 4.05. The Morgan fingerprint density at radius 1 is 1.50 bits per heavy atom. The van der Waals surface area contributed by atoms with Gasteiger partial charge in [0, 0.05) is 18.6 Å². The Bertz CT molecular complexity index is 508. The number of rotatable bonds is 3. The predicted molar refractivity (Wildman–Crippen MR) is 77.6 cm³/mol. The first-order chi connectivity index (χ1) is 9.69. The van der Waals surface area contributed by atoms with E-state index in [1.165, 1.54) is 18.4 Å². The van der Waals surface area contributed by atoms with Gasteiger partial charge >= 0.3 is 5.97 Å². The predicted octanol–water partition coefficient (Wildman–Crippen LogP) is 2.95. The minimum atomic E-state index is -0.439. The molecule has 1 saturated carbocycles. The molecule has 0 aromatic carbocycles. The second-order valence-corrected chi connectivity index (χ2v) is 6.53. The van der Waals surface area contributed by atoms with Crippen molar-refractivity contribution < 1.29 is 14.3 Å². The van der Waals surface area contributed by atoms with Gasteiger partial charge in [-0.15, -0.1) is 0 Å². The van der Waals surface area contributed by atoms with E-state index in [-0.39, 0.29) is 5.15 Å². The van der Waals surface area contributed by atoms with Crippen molar-refractivity contribution in [1.29, 1.82) is 0 Å². The Labute approximate surface area is 126 Å². The highest BCUT2D eigenvalue weighted by molar-refractivity contribution is 7.18. The number of nitrogens with zero attached hydrogens (tertiary/aromatic N) is 1. The standard InChI is InChI=1S/C13H17ClN2O3S/c1-18-12(17)10-11(14)16-13(20-10)15-8-3-2-4-9-7(8)5-6-19-9/h7-9H,2-6H2,1H3,(H,15,16). The van der Waals surface area contributed by atoms with Crippen molar-refractivity contribution in [3.8, 4) is 0 Å². The number of nitrogens with one attached hydrogen (secondary N) is 1. The second-order valence-electron chi connectivity index (χ2n) is 5.17. The molecule has 3 unspecified atom stereocenters. The highest BCUT2D eigenvalue weighted by Crippen LogP contribution is 2.37. The lowest BCUT2D eigenvalue weighted by molar-refractivity contribution is 0.0605. The highest BCUT2D eigenvalue weighted by Gasteiger charge is 2.38. The molecule has 0 bridgehead atoms. The summed E-state index contributed by atoms with van der Waals surface area (Å²) in [5.41, 5.74) is 0. The minimum absolute atomic E-state index is 0.208. The van der Waals surface area contributed by atoms with Crippen LogP contribution in [0.5, 0.6) is 0 Å². The van der Waals surface area contributed by atoms with Crippen LogP contribution >= 0.6 is 22.9 Å². The maximum Gasteiger partial charge on any atom is 0.351 e. The lowest BCUT2D eigenvalue weighted by Gasteiger charge is -2.33. The molecule has 3 atom stereocenters. The molecule has 2 fully saturated rings. The van der Waals surface area contributed by atoms with Gasteiger partial charge < -0.3 is 14.8 Å². The number of halogens is 1. The zero-order valence-electron chi connectivity index (χ0n) is 11.2. The van der Waals surface area contributed by atoms with Crippen LogP contribution in [0.25, 0.3) is 0 Å². The maximum atomic E-state index is 11.5. The highest BCUT2D eigenvalue weighted by atomic mass is 35.5. The molecule has 1 aliphatic heterocycles. The van der Waals surface area contributed by atoms with E-state index in [4.69, 9.17) is 16.3 Å². The summed E-state index contributed by atoms with van der Waals surface area (Å²) in [7, 11) is 1.34. The van der Waals surface area contributed by atoms with Gasteiger partial charge in [0.1, 0.15) is 0 Å². The first-order valence-corrected chi connectivity index (χ1v) is 8.01. The van der Waals surface area contributed by atoms with E-state index < -0.39 is 5.97 Å². The maximum absolute atomic E-state index is 11.5. The summed E-state index contributed by atoms with van der Waals surface area (Å²) in [6.45, 7) is 0.847. The fraction of sp³-hybridized carbons (Fsp3) is 0.692. The zero-order valence-corrected chi connectivity index (χ0v) is 12.8. The lowest BCUT2D eigenvalue weighted by atomic mass is 9.82. The molecule has 2 heterocycles. The SMILES string of the molecule is COC(=O)c1sc(NC2CCCC3OCCC23)nc1Cl. The second kappa shape index (κ2) is 5.87. The van der Waals surface area contributed by atoms with Crippen LogP contribution in [0.2, 0.25) is 5.15 Å². The van der Waals surface area contributed by atoms with Gasteiger partial charge in [0.15, 0.2) is 15.2 Å². The molecule has 5 nitrogen and oxygen atoms in total. The van der Waals surface area contributed by atoms with Crippen LogP contribution < -0.4 is 5.32 Å². The number of methoxy groups -OCH3 is 1. The van der Waals surface area contributed by atoms with Crippen molar-refractivity contribution in [2.75, 3.05) is 19.0 Å². The normalized spacial score (nSPS) is 29.0. The van der Waals surface area contributed by atoms with Crippen molar-refractivity contribution in [2.45, 2.75) is 37.8 Å². The quantitative estimate of drug-likeness (QED) is 0.869. The van der Waals surface area contributed by atoms with E-state index in [9.17, 15) is 4.79 Å². The van der Waals surface area contributed by atoms with E-state index in [2.05, 4.69) is 15.0 Å². The number of carbonyl (C=O) groups is 1. The summed E-state index contributed by atoms with van der Waals surface area (Å²) in [6.07, 6.45) is 4.87. The van der Waals surface area contributed by atoms with Crippen LogP contribution in [-0.2, 0) is 9.47 Å². The first kappa shape index (κ1) is 14.1. The minimum Gasteiger partial charge on any atom is -0.465 e. The van der Waals surface area contributed by atoms with Crippen LogP contribution in [0.4, 0.5) is 5.13 Å². The van der Waals surface area contributed by atoms with Crippen molar-refractivity contribution in [1.82, 2.24) is 4.98 Å². The van der Waals surface area contributed by atoms with Crippen LogP contribution in [0.1, 0.15) is 35.4 Å². The van der Waals surface area contributed by atoms with Gasteiger partial charge in [-0.25, -0.2) is 9.78 Å². The molecule has 0 amide bonds. The van der Waals surface area contributed by atoms with Crippen LogP contribution in [0.3, 0.4) is 0 Å². The molecule has 1 aromatic rings. The average Bonchev–Trinajstić information content (AvgIpc) is 3.05.